The Morgan fingerprint density at radius 2 is 1.50 bits per heavy atom. The second-order valence-electron chi connectivity index (χ2n) is 2.99. The minimum atomic E-state index is 0.912. The van der Waals surface area contributed by atoms with Crippen LogP contribution in [0.4, 0.5) is 0 Å². The van der Waals surface area contributed by atoms with Crippen LogP contribution in [-0.4, -0.2) is 7.11 Å². The highest BCUT2D eigenvalue weighted by molar-refractivity contribution is 14.1. The molecule has 2 aromatic carbocycles. The summed E-state index contributed by atoms with van der Waals surface area (Å²) in [4.78, 5) is 1.02. The number of methoxy groups -OCH3 is 1. The van der Waals surface area contributed by atoms with Crippen molar-refractivity contribution in [1.82, 2.24) is 0 Å². The summed E-state index contributed by atoms with van der Waals surface area (Å²) in [6.07, 6.45) is 0. The van der Waals surface area contributed by atoms with Gasteiger partial charge in [0.1, 0.15) is 5.75 Å². The Bertz CT molecular complexity index is 400. The molecule has 0 saturated heterocycles. The summed E-state index contributed by atoms with van der Waals surface area (Å²) in [6, 6.07) is 17.7. The molecular formula is C13H13IOS. The van der Waals surface area contributed by atoms with Gasteiger partial charge < -0.3 is 4.74 Å². The van der Waals surface area contributed by atoms with E-state index in [1.165, 1.54) is 3.57 Å². The summed E-state index contributed by atoms with van der Waals surface area (Å²) in [5.74, 6) is 0.912. The van der Waals surface area contributed by atoms with E-state index >= 15 is 0 Å². The third-order valence-corrected chi connectivity index (χ3v) is 2.82. The van der Waals surface area contributed by atoms with Crippen LogP contribution in [0.25, 0.3) is 0 Å². The van der Waals surface area contributed by atoms with Gasteiger partial charge in [-0.2, -0.15) is 0 Å². The maximum atomic E-state index is 4.97. The summed E-state index contributed by atoms with van der Waals surface area (Å²) in [7, 11) is 1.67. The van der Waals surface area contributed by atoms with E-state index in [9.17, 15) is 0 Å². The molecule has 2 aromatic rings. The van der Waals surface area contributed by atoms with E-state index in [-0.39, 0.29) is 0 Å². The predicted molar refractivity (Wildman–Crippen MR) is 79.4 cm³/mol. The molecule has 0 aliphatic carbocycles. The molecule has 84 valence electrons. The van der Waals surface area contributed by atoms with Crippen molar-refractivity contribution in [3.05, 3.63) is 58.2 Å². The molecule has 0 N–H and O–H groups in total. The average Bonchev–Trinajstić information content (AvgIpc) is 2.32. The standard InChI is InChI=1S/C7H7IO.C6H6S/c1-9-7-4-2-6(8)3-5-7;7-6-4-2-1-3-5-6/h2-5H,1H3;1-5,7H. The van der Waals surface area contributed by atoms with Gasteiger partial charge in [0.25, 0.3) is 0 Å². The molecule has 0 amide bonds. The highest BCUT2D eigenvalue weighted by atomic mass is 127. The molecule has 0 aliphatic rings. The van der Waals surface area contributed by atoms with E-state index in [0.717, 1.165) is 10.6 Å². The maximum Gasteiger partial charge on any atom is 0.118 e. The van der Waals surface area contributed by atoms with Gasteiger partial charge in [0.05, 0.1) is 7.11 Å². The quantitative estimate of drug-likeness (QED) is 0.600. The number of hydrogen-bond donors (Lipinski definition) is 1. The Balaban J connectivity index is 0.000000165. The highest BCUT2D eigenvalue weighted by Crippen LogP contribution is 2.11. The van der Waals surface area contributed by atoms with E-state index in [0.29, 0.717) is 0 Å². The van der Waals surface area contributed by atoms with Crippen molar-refractivity contribution >= 4 is 35.2 Å². The normalized spacial score (nSPS) is 8.94. The third-order valence-electron chi connectivity index (χ3n) is 1.81. The molecule has 0 saturated carbocycles. The number of thiol groups is 1. The topological polar surface area (TPSA) is 9.23 Å². The van der Waals surface area contributed by atoms with Gasteiger partial charge in [-0.25, -0.2) is 0 Å². The first-order chi connectivity index (χ1) is 7.72. The number of rotatable bonds is 1. The molecule has 0 fully saturated rings. The molecule has 0 unspecified atom stereocenters. The second-order valence-corrected chi connectivity index (χ2v) is 4.76. The first kappa shape index (κ1) is 13.4. The molecular weight excluding hydrogens is 331 g/mol. The molecule has 0 spiro atoms. The molecule has 0 bridgehead atoms. The first-order valence-electron chi connectivity index (χ1n) is 4.76. The van der Waals surface area contributed by atoms with Crippen molar-refractivity contribution in [3.8, 4) is 5.75 Å². The summed E-state index contributed by atoms with van der Waals surface area (Å²) in [5.41, 5.74) is 0. The van der Waals surface area contributed by atoms with E-state index < -0.39 is 0 Å². The lowest BCUT2D eigenvalue weighted by Crippen LogP contribution is -1.80. The van der Waals surface area contributed by atoms with Gasteiger partial charge in [-0.05, 0) is 59.0 Å². The van der Waals surface area contributed by atoms with Crippen LogP contribution in [0, 0.1) is 3.57 Å². The van der Waals surface area contributed by atoms with Crippen molar-refractivity contribution in [1.29, 1.82) is 0 Å². The molecule has 0 aliphatic heterocycles. The van der Waals surface area contributed by atoms with Crippen LogP contribution in [-0.2, 0) is 0 Å². The van der Waals surface area contributed by atoms with Crippen molar-refractivity contribution in [2.45, 2.75) is 4.90 Å². The number of ether oxygens (including phenoxy) is 1. The fraction of sp³-hybridized carbons (Fsp3) is 0.0769. The lowest BCUT2D eigenvalue weighted by molar-refractivity contribution is 0.414. The van der Waals surface area contributed by atoms with Crippen LogP contribution < -0.4 is 4.74 Å². The predicted octanol–water partition coefficient (Wildman–Crippen LogP) is 4.28. The summed E-state index contributed by atoms with van der Waals surface area (Å²) in [6.45, 7) is 0. The van der Waals surface area contributed by atoms with Crippen LogP contribution in [0.3, 0.4) is 0 Å². The van der Waals surface area contributed by atoms with E-state index in [2.05, 4.69) is 35.2 Å². The highest BCUT2D eigenvalue weighted by Gasteiger charge is 1.86. The Hall–Kier alpha value is -0.680. The fourth-order valence-electron chi connectivity index (χ4n) is 0.999. The van der Waals surface area contributed by atoms with Crippen LogP contribution >= 0.6 is 35.2 Å². The SMILES string of the molecule is COc1ccc(I)cc1.Sc1ccccc1. The summed E-state index contributed by atoms with van der Waals surface area (Å²) in [5, 5.41) is 0. The molecule has 0 heterocycles. The smallest absolute Gasteiger partial charge is 0.118 e. The van der Waals surface area contributed by atoms with Gasteiger partial charge >= 0.3 is 0 Å². The van der Waals surface area contributed by atoms with Gasteiger partial charge in [-0.3, -0.25) is 0 Å². The Morgan fingerprint density at radius 3 is 1.88 bits per heavy atom. The van der Waals surface area contributed by atoms with Gasteiger partial charge in [0.2, 0.25) is 0 Å². The number of halogens is 1. The lowest BCUT2D eigenvalue weighted by atomic mass is 10.3. The lowest BCUT2D eigenvalue weighted by Gasteiger charge is -1.96. The first-order valence-corrected chi connectivity index (χ1v) is 6.28. The average molecular weight is 344 g/mol. The van der Waals surface area contributed by atoms with E-state index in [4.69, 9.17) is 4.74 Å². The molecule has 0 aromatic heterocycles. The number of benzene rings is 2. The monoisotopic (exact) mass is 344 g/mol. The minimum Gasteiger partial charge on any atom is -0.497 e. The molecule has 0 radical (unpaired) electrons. The largest absolute Gasteiger partial charge is 0.497 e. The van der Waals surface area contributed by atoms with Gasteiger partial charge in [0, 0.05) is 8.47 Å². The molecule has 2 rings (SSSR count). The molecule has 0 atom stereocenters. The van der Waals surface area contributed by atoms with Crippen molar-refractivity contribution in [2.75, 3.05) is 7.11 Å². The Kier molecular flexibility index (Phi) is 6.33. The van der Waals surface area contributed by atoms with E-state index in [1.807, 2.05) is 54.6 Å². The van der Waals surface area contributed by atoms with Crippen molar-refractivity contribution < 1.29 is 4.74 Å². The molecule has 16 heavy (non-hydrogen) atoms. The Morgan fingerprint density at radius 1 is 0.938 bits per heavy atom. The zero-order chi connectivity index (χ0) is 11.8. The van der Waals surface area contributed by atoms with Gasteiger partial charge in [-0.15, -0.1) is 12.6 Å². The fourth-order valence-corrected chi connectivity index (χ4v) is 1.53. The zero-order valence-corrected chi connectivity index (χ0v) is 12.0. The summed E-state index contributed by atoms with van der Waals surface area (Å²) >= 11 is 6.34. The van der Waals surface area contributed by atoms with Gasteiger partial charge in [0.15, 0.2) is 0 Å². The van der Waals surface area contributed by atoms with Crippen molar-refractivity contribution in [3.63, 3.8) is 0 Å². The van der Waals surface area contributed by atoms with Gasteiger partial charge in [-0.1, -0.05) is 18.2 Å². The van der Waals surface area contributed by atoms with E-state index in [1.54, 1.807) is 7.11 Å². The van der Waals surface area contributed by atoms with Crippen molar-refractivity contribution in [2.24, 2.45) is 0 Å². The van der Waals surface area contributed by atoms with Crippen LogP contribution in [0.1, 0.15) is 0 Å². The van der Waals surface area contributed by atoms with Crippen LogP contribution in [0.5, 0.6) is 5.75 Å². The maximum absolute atomic E-state index is 4.97. The van der Waals surface area contributed by atoms with Crippen LogP contribution in [0.2, 0.25) is 0 Å². The van der Waals surface area contributed by atoms with Crippen LogP contribution in [0.15, 0.2) is 59.5 Å². The molecule has 1 nitrogen and oxygen atoms in total. The zero-order valence-electron chi connectivity index (χ0n) is 8.93. The second kappa shape index (κ2) is 7.57. The Labute approximate surface area is 115 Å². The summed E-state index contributed by atoms with van der Waals surface area (Å²) < 4.78 is 6.20. The number of hydrogen-bond acceptors (Lipinski definition) is 2. The third kappa shape index (κ3) is 5.42. The molecule has 3 heteroatoms. The minimum absolute atomic E-state index is 0.912.